The van der Waals surface area contributed by atoms with E-state index in [2.05, 4.69) is 0 Å². The molecule has 0 heterocycles. The number of hydrogen-bond donors (Lipinski definition) is 0. The van der Waals surface area contributed by atoms with Crippen molar-refractivity contribution in [3.63, 3.8) is 0 Å². The Labute approximate surface area is 90.9 Å². The van der Waals surface area contributed by atoms with E-state index in [4.69, 9.17) is 9.05 Å². The average Bonchev–Trinajstić information content (AvgIpc) is 2.15. The zero-order chi connectivity index (χ0) is 11.3. The van der Waals surface area contributed by atoms with Gasteiger partial charge in [0, 0.05) is 6.66 Å². The van der Waals surface area contributed by atoms with E-state index in [1.807, 2.05) is 44.2 Å². The van der Waals surface area contributed by atoms with E-state index in [9.17, 15) is 4.57 Å². The van der Waals surface area contributed by atoms with Gasteiger partial charge in [-0.3, -0.25) is 4.57 Å². The first kappa shape index (κ1) is 12.4. The van der Waals surface area contributed by atoms with E-state index in [0.29, 0.717) is 6.61 Å². The lowest BCUT2D eigenvalue weighted by Gasteiger charge is -2.16. The monoisotopic (exact) mass is 228 g/mol. The first-order valence-electron chi connectivity index (χ1n) is 4.94. The first-order valence-corrected chi connectivity index (χ1v) is 6.93. The third kappa shape index (κ3) is 5.12. The Balaban J connectivity index is 2.46. The normalized spacial score (nSPS) is 15.2. The Morgan fingerprint density at radius 2 is 1.87 bits per heavy atom. The van der Waals surface area contributed by atoms with E-state index in [1.54, 1.807) is 0 Å². The van der Waals surface area contributed by atoms with Crippen LogP contribution in [-0.2, 0) is 20.2 Å². The lowest BCUT2D eigenvalue weighted by atomic mass is 10.2. The predicted molar refractivity (Wildman–Crippen MR) is 61.0 cm³/mol. The molecule has 15 heavy (non-hydrogen) atoms. The maximum atomic E-state index is 11.8. The smallest absolute Gasteiger partial charge is 0.306 e. The molecule has 3 nitrogen and oxygen atoms in total. The van der Waals surface area contributed by atoms with E-state index in [0.717, 1.165) is 5.56 Å². The van der Waals surface area contributed by atoms with E-state index >= 15 is 0 Å². The van der Waals surface area contributed by atoms with Crippen LogP contribution in [0.15, 0.2) is 30.3 Å². The van der Waals surface area contributed by atoms with E-state index < -0.39 is 7.60 Å². The third-order valence-corrected chi connectivity index (χ3v) is 3.11. The molecular formula is C11H17O3P. The Morgan fingerprint density at radius 1 is 1.27 bits per heavy atom. The Kier molecular flexibility index (Phi) is 4.52. The van der Waals surface area contributed by atoms with Crippen molar-refractivity contribution < 1.29 is 13.6 Å². The molecular weight excluding hydrogens is 211 g/mol. The molecule has 0 saturated heterocycles. The van der Waals surface area contributed by atoms with Gasteiger partial charge in [-0.1, -0.05) is 30.3 Å². The highest BCUT2D eigenvalue weighted by Gasteiger charge is 2.18. The highest BCUT2D eigenvalue weighted by atomic mass is 31.2. The first-order chi connectivity index (χ1) is 6.99. The van der Waals surface area contributed by atoms with Gasteiger partial charge in [0.1, 0.15) is 0 Å². The lowest BCUT2D eigenvalue weighted by molar-refractivity contribution is 0.167. The molecule has 0 saturated carbocycles. The standard InChI is InChI=1S/C11H17O3P/c1-10(2)14-15(3,12)13-9-11-7-5-4-6-8-11/h4-8,10H,9H2,1-3H3. The summed E-state index contributed by atoms with van der Waals surface area (Å²) >= 11 is 0. The molecule has 84 valence electrons. The Morgan fingerprint density at radius 3 is 2.40 bits per heavy atom. The highest BCUT2D eigenvalue weighted by molar-refractivity contribution is 7.52. The van der Waals surface area contributed by atoms with Gasteiger partial charge in [-0.25, -0.2) is 0 Å². The molecule has 0 aliphatic carbocycles. The Bertz CT molecular complexity index is 335. The van der Waals surface area contributed by atoms with Gasteiger partial charge in [-0.15, -0.1) is 0 Å². The molecule has 1 aromatic carbocycles. The van der Waals surface area contributed by atoms with Crippen LogP contribution in [0.1, 0.15) is 19.4 Å². The summed E-state index contributed by atoms with van der Waals surface area (Å²) < 4.78 is 22.2. The van der Waals surface area contributed by atoms with Crippen molar-refractivity contribution in [2.75, 3.05) is 6.66 Å². The molecule has 1 atom stereocenters. The molecule has 0 amide bonds. The minimum Gasteiger partial charge on any atom is -0.306 e. The molecule has 0 fully saturated rings. The van der Waals surface area contributed by atoms with Crippen molar-refractivity contribution in [2.24, 2.45) is 0 Å². The van der Waals surface area contributed by atoms with Crippen LogP contribution in [0.5, 0.6) is 0 Å². The van der Waals surface area contributed by atoms with Crippen molar-refractivity contribution in [2.45, 2.75) is 26.6 Å². The maximum absolute atomic E-state index is 11.8. The van der Waals surface area contributed by atoms with Gasteiger partial charge in [-0.2, -0.15) is 0 Å². The second-order valence-corrected chi connectivity index (χ2v) is 5.70. The summed E-state index contributed by atoms with van der Waals surface area (Å²) in [5, 5.41) is 0. The lowest BCUT2D eigenvalue weighted by Crippen LogP contribution is -2.02. The molecule has 1 aromatic rings. The SMILES string of the molecule is CC(C)OP(C)(=O)OCc1ccccc1. The molecule has 0 aliphatic rings. The minimum atomic E-state index is -2.91. The van der Waals surface area contributed by atoms with Gasteiger partial charge in [0.25, 0.3) is 0 Å². The van der Waals surface area contributed by atoms with Gasteiger partial charge in [0.15, 0.2) is 0 Å². The van der Waals surface area contributed by atoms with Crippen molar-refractivity contribution in [1.82, 2.24) is 0 Å². The number of rotatable bonds is 5. The number of benzene rings is 1. The van der Waals surface area contributed by atoms with Crippen LogP contribution >= 0.6 is 7.60 Å². The zero-order valence-electron chi connectivity index (χ0n) is 9.34. The summed E-state index contributed by atoms with van der Waals surface area (Å²) in [6, 6.07) is 9.62. The van der Waals surface area contributed by atoms with Crippen molar-refractivity contribution in [1.29, 1.82) is 0 Å². The molecule has 4 heteroatoms. The second kappa shape index (κ2) is 5.45. The highest BCUT2D eigenvalue weighted by Crippen LogP contribution is 2.45. The van der Waals surface area contributed by atoms with Crippen molar-refractivity contribution >= 4 is 7.60 Å². The van der Waals surface area contributed by atoms with Crippen LogP contribution in [0, 0.1) is 0 Å². The predicted octanol–water partition coefficient (Wildman–Crippen LogP) is 3.45. The van der Waals surface area contributed by atoms with Gasteiger partial charge < -0.3 is 9.05 Å². The molecule has 0 radical (unpaired) electrons. The molecule has 0 N–H and O–H groups in total. The van der Waals surface area contributed by atoms with Crippen LogP contribution < -0.4 is 0 Å². The van der Waals surface area contributed by atoms with Crippen LogP contribution in [0.4, 0.5) is 0 Å². The summed E-state index contributed by atoms with van der Waals surface area (Å²) in [7, 11) is -2.91. The molecule has 0 aromatic heterocycles. The maximum Gasteiger partial charge on any atom is 0.328 e. The van der Waals surface area contributed by atoms with Crippen LogP contribution in [0.2, 0.25) is 0 Å². The largest absolute Gasteiger partial charge is 0.328 e. The third-order valence-electron chi connectivity index (χ3n) is 1.71. The van der Waals surface area contributed by atoms with Crippen molar-refractivity contribution in [3.8, 4) is 0 Å². The molecule has 0 aliphatic heterocycles. The van der Waals surface area contributed by atoms with Gasteiger partial charge >= 0.3 is 7.60 Å². The summed E-state index contributed by atoms with van der Waals surface area (Å²) in [4.78, 5) is 0. The summed E-state index contributed by atoms with van der Waals surface area (Å²) in [6.07, 6.45) is -0.0865. The minimum absolute atomic E-state index is 0.0865. The zero-order valence-corrected chi connectivity index (χ0v) is 10.2. The molecule has 1 rings (SSSR count). The summed E-state index contributed by atoms with van der Waals surface area (Å²) in [5.41, 5.74) is 0.993. The summed E-state index contributed by atoms with van der Waals surface area (Å²) in [6.45, 7) is 5.49. The van der Waals surface area contributed by atoms with E-state index in [1.165, 1.54) is 6.66 Å². The van der Waals surface area contributed by atoms with Crippen LogP contribution in [0.3, 0.4) is 0 Å². The van der Waals surface area contributed by atoms with Gasteiger partial charge in [0.2, 0.25) is 0 Å². The quantitative estimate of drug-likeness (QED) is 0.724. The fraction of sp³-hybridized carbons (Fsp3) is 0.455. The molecule has 0 spiro atoms. The average molecular weight is 228 g/mol. The van der Waals surface area contributed by atoms with Gasteiger partial charge in [-0.05, 0) is 19.4 Å². The molecule has 1 unspecified atom stereocenters. The number of hydrogen-bond acceptors (Lipinski definition) is 3. The van der Waals surface area contributed by atoms with E-state index in [-0.39, 0.29) is 6.10 Å². The Hall–Kier alpha value is -0.630. The fourth-order valence-electron chi connectivity index (χ4n) is 1.18. The topological polar surface area (TPSA) is 35.5 Å². The molecule has 0 bridgehead atoms. The second-order valence-electron chi connectivity index (χ2n) is 3.68. The van der Waals surface area contributed by atoms with Crippen LogP contribution in [-0.4, -0.2) is 12.8 Å². The van der Waals surface area contributed by atoms with Crippen LogP contribution in [0.25, 0.3) is 0 Å². The van der Waals surface area contributed by atoms with Gasteiger partial charge in [0.05, 0.1) is 12.7 Å². The summed E-state index contributed by atoms with van der Waals surface area (Å²) in [5.74, 6) is 0. The fourth-order valence-corrected chi connectivity index (χ4v) is 2.39. The van der Waals surface area contributed by atoms with Crippen molar-refractivity contribution in [3.05, 3.63) is 35.9 Å².